The van der Waals surface area contributed by atoms with Crippen molar-refractivity contribution in [1.29, 1.82) is 0 Å². The number of hydrogen-bond acceptors (Lipinski definition) is 3. The first kappa shape index (κ1) is 13.6. The number of carbonyl (C=O) groups excluding carboxylic acids is 1. The van der Waals surface area contributed by atoms with E-state index < -0.39 is 6.09 Å². The van der Waals surface area contributed by atoms with E-state index in [1.165, 1.54) is 0 Å². The molecule has 2 aromatic heterocycles. The first-order valence-corrected chi connectivity index (χ1v) is 7.13. The fourth-order valence-corrected chi connectivity index (χ4v) is 2.32. The zero-order valence-electron chi connectivity index (χ0n) is 11.0. The number of nitrogens with one attached hydrogen (secondary N) is 2. The molecule has 3 rings (SSSR count). The molecule has 0 spiro atoms. The Morgan fingerprint density at radius 1 is 1.29 bits per heavy atom. The molecule has 0 aliphatic carbocycles. The molecule has 6 heteroatoms. The Labute approximate surface area is 129 Å². The van der Waals surface area contributed by atoms with Gasteiger partial charge in [-0.05, 0) is 33.6 Å². The number of amides is 1. The van der Waals surface area contributed by atoms with Crippen molar-refractivity contribution in [2.24, 2.45) is 0 Å². The fraction of sp³-hybridized carbons (Fsp3) is 0.0667. The van der Waals surface area contributed by atoms with E-state index in [-0.39, 0.29) is 6.61 Å². The molecule has 0 fully saturated rings. The van der Waals surface area contributed by atoms with E-state index in [1.54, 1.807) is 6.20 Å². The van der Waals surface area contributed by atoms with Gasteiger partial charge >= 0.3 is 6.09 Å². The summed E-state index contributed by atoms with van der Waals surface area (Å²) < 4.78 is 5.85. The number of benzene rings is 1. The largest absolute Gasteiger partial charge is 0.444 e. The van der Waals surface area contributed by atoms with Gasteiger partial charge in [-0.3, -0.25) is 5.32 Å². The van der Waals surface area contributed by atoms with Crippen LogP contribution in [0.3, 0.4) is 0 Å². The van der Waals surface area contributed by atoms with Gasteiger partial charge in [0.15, 0.2) is 0 Å². The lowest BCUT2D eigenvalue weighted by Crippen LogP contribution is -2.14. The van der Waals surface area contributed by atoms with E-state index >= 15 is 0 Å². The van der Waals surface area contributed by atoms with Crippen molar-refractivity contribution in [2.75, 3.05) is 5.32 Å². The Hall–Kier alpha value is -2.34. The van der Waals surface area contributed by atoms with E-state index in [2.05, 4.69) is 31.2 Å². The van der Waals surface area contributed by atoms with Gasteiger partial charge in [0.05, 0.1) is 15.5 Å². The van der Waals surface area contributed by atoms with Gasteiger partial charge in [0.2, 0.25) is 0 Å². The molecule has 2 N–H and O–H groups in total. The summed E-state index contributed by atoms with van der Waals surface area (Å²) >= 11 is 3.37. The maximum Gasteiger partial charge on any atom is 0.413 e. The summed E-state index contributed by atoms with van der Waals surface area (Å²) in [6.45, 7) is 0.219. The third kappa shape index (κ3) is 3.22. The topological polar surface area (TPSA) is 67.0 Å². The van der Waals surface area contributed by atoms with Crippen molar-refractivity contribution < 1.29 is 9.53 Å². The first-order valence-electron chi connectivity index (χ1n) is 6.34. The van der Waals surface area contributed by atoms with Crippen LogP contribution in [0.25, 0.3) is 11.0 Å². The minimum Gasteiger partial charge on any atom is -0.444 e. The van der Waals surface area contributed by atoms with Gasteiger partial charge in [0, 0.05) is 6.20 Å². The van der Waals surface area contributed by atoms with Crippen LogP contribution in [0.1, 0.15) is 5.56 Å². The number of fused-ring (bicyclic) bond motifs is 1. The predicted octanol–water partition coefficient (Wildman–Crippen LogP) is 4.07. The van der Waals surface area contributed by atoms with Crippen molar-refractivity contribution in [3.8, 4) is 0 Å². The Kier molecular flexibility index (Phi) is 3.87. The van der Waals surface area contributed by atoms with Gasteiger partial charge < -0.3 is 9.72 Å². The number of pyridine rings is 1. The zero-order chi connectivity index (χ0) is 14.7. The molecule has 3 aromatic rings. The summed E-state index contributed by atoms with van der Waals surface area (Å²) in [5.41, 5.74) is 2.60. The number of hydrogen-bond donors (Lipinski definition) is 2. The van der Waals surface area contributed by atoms with Gasteiger partial charge in [-0.15, -0.1) is 0 Å². The van der Waals surface area contributed by atoms with E-state index in [9.17, 15) is 4.79 Å². The van der Waals surface area contributed by atoms with Gasteiger partial charge in [-0.1, -0.05) is 30.3 Å². The number of aromatic amines is 1. The molecule has 0 unspecified atom stereocenters. The molecule has 1 amide bonds. The lowest BCUT2D eigenvalue weighted by Gasteiger charge is -2.08. The second-order valence-corrected chi connectivity index (χ2v) is 5.27. The molecule has 0 saturated carbocycles. The number of H-pyrrole nitrogens is 1. The molecular weight excluding hydrogens is 334 g/mol. The smallest absolute Gasteiger partial charge is 0.413 e. The molecule has 0 atom stereocenters. The van der Waals surface area contributed by atoms with Crippen molar-refractivity contribution in [3.05, 3.63) is 58.7 Å². The minimum atomic E-state index is -0.540. The van der Waals surface area contributed by atoms with Crippen molar-refractivity contribution in [3.63, 3.8) is 0 Å². The normalized spacial score (nSPS) is 10.5. The van der Waals surface area contributed by atoms with Crippen LogP contribution in [0, 0.1) is 0 Å². The highest BCUT2D eigenvalue weighted by molar-refractivity contribution is 9.10. The van der Waals surface area contributed by atoms with Crippen LogP contribution in [-0.4, -0.2) is 16.1 Å². The van der Waals surface area contributed by atoms with Crippen LogP contribution in [-0.2, 0) is 11.3 Å². The summed E-state index contributed by atoms with van der Waals surface area (Å²) in [6.07, 6.45) is 1.25. The molecule has 106 valence electrons. The molecule has 0 saturated heterocycles. The number of ether oxygens (including phenoxy) is 1. The molecule has 2 heterocycles. The monoisotopic (exact) mass is 345 g/mol. The van der Waals surface area contributed by atoms with Gasteiger partial charge in [0.25, 0.3) is 0 Å². The minimum absolute atomic E-state index is 0.219. The molecule has 0 aliphatic rings. The van der Waals surface area contributed by atoms with Crippen molar-refractivity contribution >= 4 is 38.9 Å². The highest BCUT2D eigenvalue weighted by Gasteiger charge is 2.10. The van der Waals surface area contributed by atoms with Crippen LogP contribution in [0.2, 0.25) is 0 Å². The number of anilines is 1. The van der Waals surface area contributed by atoms with Gasteiger partial charge in [-0.25, -0.2) is 9.78 Å². The summed E-state index contributed by atoms with van der Waals surface area (Å²) in [7, 11) is 0. The maximum atomic E-state index is 11.8. The Morgan fingerprint density at radius 2 is 2.10 bits per heavy atom. The van der Waals surface area contributed by atoms with Crippen molar-refractivity contribution in [2.45, 2.75) is 6.61 Å². The molecule has 0 aliphatic heterocycles. The molecular formula is C15H12BrN3O2. The molecule has 21 heavy (non-hydrogen) atoms. The number of aromatic nitrogens is 2. The predicted molar refractivity (Wildman–Crippen MR) is 84.0 cm³/mol. The lowest BCUT2D eigenvalue weighted by atomic mass is 10.2. The quantitative estimate of drug-likeness (QED) is 0.751. The Balaban J connectivity index is 1.67. The van der Waals surface area contributed by atoms with Gasteiger partial charge in [0.1, 0.15) is 12.4 Å². The Morgan fingerprint density at radius 3 is 2.90 bits per heavy atom. The van der Waals surface area contributed by atoms with Crippen LogP contribution >= 0.6 is 15.9 Å². The highest BCUT2D eigenvalue weighted by Crippen LogP contribution is 2.24. The molecule has 0 radical (unpaired) electrons. The maximum absolute atomic E-state index is 11.8. The third-order valence-electron chi connectivity index (χ3n) is 2.92. The van der Waals surface area contributed by atoms with Gasteiger partial charge in [-0.2, -0.15) is 0 Å². The summed E-state index contributed by atoms with van der Waals surface area (Å²) in [5, 5.41) is 2.63. The number of nitrogens with zero attached hydrogens (tertiary/aromatic N) is 1. The summed E-state index contributed by atoms with van der Waals surface area (Å²) in [6, 6.07) is 13.2. The second kappa shape index (κ2) is 5.97. The molecule has 0 bridgehead atoms. The molecule has 5 nitrogen and oxygen atoms in total. The summed E-state index contributed by atoms with van der Waals surface area (Å²) in [4.78, 5) is 19.2. The van der Waals surface area contributed by atoms with Crippen LogP contribution in [0.4, 0.5) is 10.6 Å². The number of halogens is 1. The second-order valence-electron chi connectivity index (χ2n) is 4.42. The van der Waals surface area contributed by atoms with Crippen LogP contribution in [0.15, 0.2) is 53.1 Å². The molecule has 1 aromatic carbocycles. The average Bonchev–Trinajstić information content (AvgIpc) is 2.94. The van der Waals surface area contributed by atoms with E-state index in [4.69, 9.17) is 4.74 Å². The Bertz CT molecular complexity index is 771. The van der Waals surface area contributed by atoms with Crippen LogP contribution < -0.4 is 5.32 Å². The van der Waals surface area contributed by atoms with Crippen LogP contribution in [0.5, 0.6) is 0 Å². The summed E-state index contributed by atoms with van der Waals surface area (Å²) in [5.74, 6) is 0.431. The van der Waals surface area contributed by atoms with E-state index in [1.807, 2.05) is 42.5 Å². The average molecular weight is 346 g/mol. The highest BCUT2D eigenvalue weighted by atomic mass is 79.9. The zero-order valence-corrected chi connectivity index (χ0v) is 12.6. The fourth-order valence-electron chi connectivity index (χ4n) is 1.90. The number of rotatable bonds is 3. The number of carbonyl (C=O) groups is 1. The first-order chi connectivity index (χ1) is 10.2. The van der Waals surface area contributed by atoms with Crippen molar-refractivity contribution in [1.82, 2.24) is 9.97 Å². The standard InChI is InChI=1S/C15H12BrN3O2/c16-11-8-13-12(6-7-17-13)18-14(11)19-15(20)21-9-10-4-2-1-3-5-10/h1-8,17H,9H2,(H,18,19,20). The SMILES string of the molecule is O=C(Nc1nc2cc[nH]c2cc1Br)OCc1ccccc1. The van der Waals surface area contributed by atoms with E-state index in [0.29, 0.717) is 10.3 Å². The third-order valence-corrected chi connectivity index (χ3v) is 3.52. The lowest BCUT2D eigenvalue weighted by molar-refractivity contribution is 0.155. The van der Waals surface area contributed by atoms with E-state index in [0.717, 1.165) is 16.6 Å².